The normalized spacial score (nSPS) is 10.3. The van der Waals surface area contributed by atoms with Gasteiger partial charge in [-0.25, -0.2) is 0 Å². The molecule has 1 heterocycles. The lowest BCUT2D eigenvalue weighted by Crippen LogP contribution is -2.00. The van der Waals surface area contributed by atoms with Crippen molar-refractivity contribution in [3.63, 3.8) is 0 Å². The summed E-state index contributed by atoms with van der Waals surface area (Å²) in [5.74, 6) is -0.0810. The number of nitrogens with one attached hydrogen (secondary N) is 1. The van der Waals surface area contributed by atoms with Crippen molar-refractivity contribution in [1.29, 1.82) is 0 Å². The number of rotatable bonds is 2. The number of aromatic nitrogens is 1. The van der Waals surface area contributed by atoms with E-state index in [4.69, 9.17) is 11.6 Å². The molecule has 0 spiro atoms. The van der Waals surface area contributed by atoms with Crippen molar-refractivity contribution in [2.45, 2.75) is 0 Å². The van der Waals surface area contributed by atoms with Gasteiger partial charge < -0.3 is 4.98 Å². The fraction of sp³-hybridized carbons (Fsp3) is 0. The largest absolute Gasteiger partial charge is 0.367 e. The second kappa shape index (κ2) is 4.21. The highest BCUT2D eigenvalue weighted by Crippen LogP contribution is 2.27. The van der Waals surface area contributed by atoms with Gasteiger partial charge in [0, 0.05) is 28.0 Å². The number of carbonyl (C=O) groups excluding carboxylic acids is 1. The summed E-state index contributed by atoms with van der Waals surface area (Å²) in [6, 6.07) is 7.02. The van der Waals surface area contributed by atoms with Crippen LogP contribution in [0.5, 0.6) is 0 Å². The van der Waals surface area contributed by atoms with Crippen LogP contribution in [-0.4, -0.2) is 10.8 Å². The molecule has 0 aliphatic rings. The molecule has 0 atom stereocenters. The van der Waals surface area contributed by atoms with Crippen molar-refractivity contribution < 1.29 is 4.79 Å². The van der Waals surface area contributed by atoms with Crippen LogP contribution in [0.1, 0.15) is 15.9 Å². The predicted molar refractivity (Wildman–Crippen MR) is 63.4 cm³/mol. The van der Waals surface area contributed by atoms with E-state index in [0.29, 0.717) is 16.1 Å². The van der Waals surface area contributed by atoms with Crippen molar-refractivity contribution in [2.75, 3.05) is 0 Å². The van der Waals surface area contributed by atoms with Crippen molar-refractivity contribution in [3.05, 3.63) is 57.3 Å². The third-order valence-corrected chi connectivity index (χ3v) is 3.35. The van der Waals surface area contributed by atoms with Gasteiger partial charge >= 0.3 is 0 Å². The van der Waals surface area contributed by atoms with E-state index in [9.17, 15) is 4.79 Å². The smallest absolute Gasteiger partial charge is 0.196 e. The molecular weight excluding hydrogens is 277 g/mol. The Balaban J connectivity index is 2.47. The molecule has 1 aromatic heterocycles. The summed E-state index contributed by atoms with van der Waals surface area (Å²) in [6.45, 7) is 0. The van der Waals surface area contributed by atoms with Crippen LogP contribution in [-0.2, 0) is 0 Å². The van der Waals surface area contributed by atoms with Gasteiger partial charge in [0.05, 0.1) is 5.02 Å². The lowest BCUT2D eigenvalue weighted by molar-refractivity contribution is 0.103. The van der Waals surface area contributed by atoms with E-state index in [1.165, 1.54) is 0 Å². The van der Waals surface area contributed by atoms with Crippen molar-refractivity contribution in [2.24, 2.45) is 0 Å². The Morgan fingerprint density at radius 2 is 2.13 bits per heavy atom. The zero-order valence-electron chi connectivity index (χ0n) is 7.63. The van der Waals surface area contributed by atoms with Crippen molar-refractivity contribution in [1.82, 2.24) is 4.98 Å². The third kappa shape index (κ3) is 1.98. The van der Waals surface area contributed by atoms with Crippen LogP contribution in [0, 0.1) is 0 Å². The van der Waals surface area contributed by atoms with E-state index in [2.05, 4.69) is 20.9 Å². The first-order valence-corrected chi connectivity index (χ1v) is 5.49. The van der Waals surface area contributed by atoms with Gasteiger partial charge in [-0.2, -0.15) is 0 Å². The summed E-state index contributed by atoms with van der Waals surface area (Å²) < 4.78 is 0.727. The number of halogens is 2. The van der Waals surface area contributed by atoms with Gasteiger partial charge in [-0.15, -0.1) is 0 Å². The molecule has 2 nitrogen and oxygen atoms in total. The third-order valence-electron chi connectivity index (χ3n) is 2.06. The fourth-order valence-corrected chi connectivity index (χ4v) is 1.88. The molecule has 1 aromatic carbocycles. The van der Waals surface area contributed by atoms with E-state index in [-0.39, 0.29) is 5.78 Å². The minimum Gasteiger partial charge on any atom is -0.367 e. The van der Waals surface area contributed by atoms with Crippen molar-refractivity contribution in [3.8, 4) is 0 Å². The maximum absolute atomic E-state index is 12.0. The maximum atomic E-state index is 12.0. The number of aromatic amines is 1. The monoisotopic (exact) mass is 283 g/mol. The van der Waals surface area contributed by atoms with Crippen LogP contribution < -0.4 is 0 Å². The number of carbonyl (C=O) groups is 1. The number of hydrogen-bond donors (Lipinski definition) is 1. The van der Waals surface area contributed by atoms with Gasteiger partial charge in [0.1, 0.15) is 0 Å². The molecule has 2 rings (SSSR count). The quantitative estimate of drug-likeness (QED) is 0.839. The van der Waals surface area contributed by atoms with E-state index >= 15 is 0 Å². The van der Waals surface area contributed by atoms with Gasteiger partial charge in [0.25, 0.3) is 0 Å². The molecule has 0 saturated carbocycles. The van der Waals surface area contributed by atoms with E-state index < -0.39 is 0 Å². The molecule has 1 N–H and O–H groups in total. The lowest BCUT2D eigenvalue weighted by Gasteiger charge is -2.03. The van der Waals surface area contributed by atoms with Crippen LogP contribution in [0.4, 0.5) is 0 Å². The van der Waals surface area contributed by atoms with Gasteiger partial charge in [-0.1, -0.05) is 17.7 Å². The Labute approximate surface area is 100 Å². The molecule has 2 aromatic rings. The zero-order valence-corrected chi connectivity index (χ0v) is 9.97. The summed E-state index contributed by atoms with van der Waals surface area (Å²) >= 11 is 9.31. The molecule has 0 amide bonds. The highest BCUT2D eigenvalue weighted by molar-refractivity contribution is 9.10. The topological polar surface area (TPSA) is 32.9 Å². The summed E-state index contributed by atoms with van der Waals surface area (Å²) in [4.78, 5) is 14.8. The molecule has 0 aliphatic heterocycles. The second-order valence-electron chi connectivity index (χ2n) is 3.03. The van der Waals surface area contributed by atoms with Crippen LogP contribution in [0.15, 0.2) is 41.1 Å². The summed E-state index contributed by atoms with van der Waals surface area (Å²) in [6.07, 6.45) is 3.36. The molecule has 0 unspecified atom stereocenters. The molecular formula is C11H7BrClNO. The minimum atomic E-state index is -0.0810. The number of ketones is 1. The highest BCUT2D eigenvalue weighted by Gasteiger charge is 2.14. The van der Waals surface area contributed by atoms with Gasteiger partial charge in [-0.3, -0.25) is 4.79 Å². The Kier molecular flexibility index (Phi) is 2.93. The first-order valence-electron chi connectivity index (χ1n) is 4.31. The molecule has 0 fully saturated rings. The summed E-state index contributed by atoms with van der Waals surface area (Å²) in [5, 5.41) is 0.448. The van der Waals surface area contributed by atoms with Crippen LogP contribution in [0.25, 0.3) is 0 Å². The summed E-state index contributed by atoms with van der Waals surface area (Å²) in [7, 11) is 0. The molecule has 4 heteroatoms. The van der Waals surface area contributed by atoms with Gasteiger partial charge in [0.2, 0.25) is 0 Å². The Bertz CT molecular complexity index is 493. The van der Waals surface area contributed by atoms with Crippen LogP contribution in [0.3, 0.4) is 0 Å². The zero-order chi connectivity index (χ0) is 10.8. The molecule has 0 saturated heterocycles. The van der Waals surface area contributed by atoms with Crippen LogP contribution in [0.2, 0.25) is 5.02 Å². The number of benzene rings is 1. The molecule has 0 bridgehead atoms. The molecule has 76 valence electrons. The first-order chi connectivity index (χ1) is 7.20. The Morgan fingerprint density at radius 3 is 2.80 bits per heavy atom. The molecule has 15 heavy (non-hydrogen) atoms. The maximum Gasteiger partial charge on any atom is 0.196 e. The Morgan fingerprint density at radius 1 is 1.33 bits per heavy atom. The lowest BCUT2D eigenvalue weighted by atomic mass is 10.1. The van der Waals surface area contributed by atoms with Crippen molar-refractivity contribution >= 4 is 33.3 Å². The second-order valence-corrected chi connectivity index (χ2v) is 4.26. The predicted octanol–water partition coefficient (Wildman–Crippen LogP) is 3.66. The van der Waals surface area contributed by atoms with Gasteiger partial charge in [-0.05, 0) is 34.1 Å². The average Bonchev–Trinajstić information content (AvgIpc) is 2.74. The Hall–Kier alpha value is -1.06. The SMILES string of the molecule is O=C(c1cc[nH]c1)c1cccc(Br)c1Cl. The highest BCUT2D eigenvalue weighted by atomic mass is 79.9. The molecule has 0 radical (unpaired) electrons. The van der Waals surface area contributed by atoms with Gasteiger partial charge in [0.15, 0.2) is 5.78 Å². The fourth-order valence-electron chi connectivity index (χ4n) is 1.30. The van der Waals surface area contributed by atoms with E-state index in [1.807, 2.05) is 0 Å². The van der Waals surface area contributed by atoms with E-state index in [0.717, 1.165) is 4.47 Å². The number of H-pyrrole nitrogens is 1. The standard InChI is InChI=1S/C11H7BrClNO/c12-9-3-1-2-8(10(9)13)11(15)7-4-5-14-6-7/h1-6,14H. The van der Waals surface area contributed by atoms with E-state index in [1.54, 1.807) is 36.7 Å². The first kappa shape index (κ1) is 10.5. The minimum absolute atomic E-state index is 0.0810. The summed E-state index contributed by atoms with van der Waals surface area (Å²) in [5.41, 5.74) is 1.11. The average molecular weight is 285 g/mol. The number of hydrogen-bond acceptors (Lipinski definition) is 1. The molecule has 0 aliphatic carbocycles. The van der Waals surface area contributed by atoms with Crippen LogP contribution >= 0.6 is 27.5 Å².